The highest BCUT2D eigenvalue weighted by Crippen LogP contribution is 2.28. The Balaban J connectivity index is 1.25. The van der Waals surface area contributed by atoms with Crippen molar-refractivity contribution in [2.24, 2.45) is 0 Å². The number of fused-ring (bicyclic) bond motifs is 1. The number of nitrogens with one attached hydrogen (secondary N) is 2. The minimum Gasteiger partial charge on any atom is -0.355 e. The monoisotopic (exact) mass is 472 g/mol. The van der Waals surface area contributed by atoms with Gasteiger partial charge in [0, 0.05) is 39.9 Å². The average Bonchev–Trinajstić information content (AvgIpc) is 3.41. The Morgan fingerprint density at radius 3 is 2.39 bits per heavy atom. The molecule has 0 atom stereocenters. The maximum absolute atomic E-state index is 13.8. The summed E-state index contributed by atoms with van der Waals surface area (Å²) in [5.41, 5.74) is 6.89. The summed E-state index contributed by atoms with van der Waals surface area (Å²) in [6.07, 6.45) is 3.61. The van der Waals surface area contributed by atoms with Gasteiger partial charge in [-0.15, -0.1) is 5.10 Å². The van der Waals surface area contributed by atoms with Crippen molar-refractivity contribution in [3.8, 4) is 16.9 Å². The van der Waals surface area contributed by atoms with E-state index in [9.17, 15) is 4.39 Å². The topological polar surface area (TPSA) is 67.7 Å². The lowest BCUT2D eigenvalue weighted by Gasteiger charge is -2.10. The predicted octanol–water partition coefficient (Wildman–Crippen LogP) is 7.11. The Morgan fingerprint density at radius 2 is 1.50 bits per heavy atom. The van der Waals surface area contributed by atoms with E-state index >= 15 is 0 Å². The second-order valence-electron chi connectivity index (χ2n) is 8.32. The lowest BCUT2D eigenvalue weighted by atomic mass is 10.1. The van der Waals surface area contributed by atoms with Crippen molar-refractivity contribution in [3.63, 3.8) is 0 Å². The van der Waals surface area contributed by atoms with Gasteiger partial charge in [-0.25, -0.2) is 9.07 Å². The summed E-state index contributed by atoms with van der Waals surface area (Å²) in [4.78, 5) is 4.32. The Morgan fingerprint density at radius 1 is 0.694 bits per heavy atom. The lowest BCUT2D eigenvalue weighted by Crippen LogP contribution is -1.96. The molecular formula is C29H21FN6. The quantitative estimate of drug-likeness (QED) is 0.270. The zero-order valence-electron chi connectivity index (χ0n) is 19.1. The fraction of sp³-hybridized carbons (Fsp3) is 0. The summed E-state index contributed by atoms with van der Waals surface area (Å²) < 4.78 is 15.6. The molecule has 0 fully saturated rings. The maximum atomic E-state index is 13.8. The highest BCUT2D eigenvalue weighted by molar-refractivity contribution is 5.93. The van der Waals surface area contributed by atoms with Crippen LogP contribution in [0.15, 0.2) is 116 Å². The predicted molar refractivity (Wildman–Crippen MR) is 142 cm³/mol. The number of halogens is 1. The number of anilines is 4. The Hall–Kier alpha value is -5.04. The first-order valence-corrected chi connectivity index (χ1v) is 11.5. The van der Waals surface area contributed by atoms with E-state index in [1.165, 1.54) is 12.1 Å². The zero-order chi connectivity index (χ0) is 24.3. The van der Waals surface area contributed by atoms with Crippen LogP contribution in [0.2, 0.25) is 0 Å². The van der Waals surface area contributed by atoms with Crippen LogP contribution in [0.4, 0.5) is 27.1 Å². The van der Waals surface area contributed by atoms with Gasteiger partial charge >= 0.3 is 0 Å². The summed E-state index contributed by atoms with van der Waals surface area (Å²) in [5, 5.41) is 16.2. The molecule has 0 radical (unpaired) electrons. The molecule has 0 saturated heterocycles. The fourth-order valence-electron chi connectivity index (χ4n) is 4.08. The van der Waals surface area contributed by atoms with E-state index in [2.05, 4.69) is 25.9 Å². The van der Waals surface area contributed by atoms with Crippen molar-refractivity contribution in [2.45, 2.75) is 0 Å². The van der Waals surface area contributed by atoms with Gasteiger partial charge in [0.2, 0.25) is 0 Å². The van der Waals surface area contributed by atoms with Crippen LogP contribution in [0.1, 0.15) is 0 Å². The fourth-order valence-corrected chi connectivity index (χ4v) is 4.08. The van der Waals surface area contributed by atoms with Crippen LogP contribution in [-0.4, -0.2) is 20.0 Å². The van der Waals surface area contributed by atoms with Crippen molar-refractivity contribution >= 4 is 33.7 Å². The number of nitrogens with zero attached hydrogens (tertiary/aromatic N) is 4. The van der Waals surface area contributed by atoms with Gasteiger partial charge in [-0.05, 0) is 66.7 Å². The van der Waals surface area contributed by atoms with Gasteiger partial charge in [-0.3, -0.25) is 4.98 Å². The molecule has 0 amide bonds. The molecule has 4 aromatic carbocycles. The summed E-state index contributed by atoms with van der Waals surface area (Å²) >= 11 is 0. The molecule has 6 nitrogen and oxygen atoms in total. The molecule has 2 heterocycles. The first-order valence-electron chi connectivity index (χ1n) is 11.5. The summed E-state index contributed by atoms with van der Waals surface area (Å²) in [5.74, 6) is -0.299. The molecule has 2 aromatic heterocycles. The summed E-state index contributed by atoms with van der Waals surface area (Å²) in [6, 6.07) is 32.3. The molecule has 2 N–H and O–H groups in total. The van der Waals surface area contributed by atoms with Gasteiger partial charge in [-0.2, -0.15) is 0 Å². The summed E-state index contributed by atoms with van der Waals surface area (Å²) in [7, 11) is 0. The van der Waals surface area contributed by atoms with Crippen molar-refractivity contribution in [1.29, 1.82) is 0 Å². The Bertz CT molecular complexity index is 1660. The minimum absolute atomic E-state index is 0.299. The van der Waals surface area contributed by atoms with Gasteiger partial charge in [0.05, 0.1) is 17.4 Å². The zero-order valence-corrected chi connectivity index (χ0v) is 19.1. The molecule has 174 valence electrons. The molecule has 0 bridgehead atoms. The maximum Gasteiger partial charge on any atom is 0.124 e. The third kappa shape index (κ3) is 4.50. The van der Waals surface area contributed by atoms with Gasteiger partial charge < -0.3 is 10.6 Å². The smallest absolute Gasteiger partial charge is 0.124 e. The van der Waals surface area contributed by atoms with Crippen LogP contribution in [0.3, 0.4) is 0 Å². The number of rotatable bonds is 6. The van der Waals surface area contributed by atoms with Crippen LogP contribution in [0.25, 0.3) is 27.8 Å². The second kappa shape index (κ2) is 9.31. The molecule has 36 heavy (non-hydrogen) atoms. The normalized spacial score (nSPS) is 10.9. The van der Waals surface area contributed by atoms with E-state index < -0.39 is 0 Å². The van der Waals surface area contributed by atoms with E-state index in [0.717, 1.165) is 50.6 Å². The molecule has 6 rings (SSSR count). The number of benzene rings is 4. The Kier molecular flexibility index (Phi) is 5.56. The van der Waals surface area contributed by atoms with Crippen molar-refractivity contribution in [3.05, 3.63) is 121 Å². The van der Waals surface area contributed by atoms with E-state index in [0.29, 0.717) is 0 Å². The standard InChI is InChI=1S/C29H21FN6/c30-21-12-13-27-26(17-21)28(14-15-31-27)33-23-9-4-6-20(16-23)29-19-36(35-34-29)25-11-5-10-24(18-25)32-22-7-2-1-3-8-22/h1-19,32H,(H,31,33). The third-order valence-electron chi connectivity index (χ3n) is 5.81. The van der Waals surface area contributed by atoms with Gasteiger partial charge in [-0.1, -0.05) is 41.6 Å². The SMILES string of the molecule is Fc1ccc2nccc(Nc3cccc(-c4cn(-c5cccc(Nc6ccccc6)c5)nn4)c3)c2c1. The van der Waals surface area contributed by atoms with E-state index in [-0.39, 0.29) is 5.82 Å². The van der Waals surface area contributed by atoms with Crippen LogP contribution in [0, 0.1) is 5.82 Å². The molecule has 0 aliphatic heterocycles. The lowest BCUT2D eigenvalue weighted by molar-refractivity contribution is 0.629. The molecule has 6 aromatic rings. The van der Waals surface area contributed by atoms with Gasteiger partial charge in [0.15, 0.2) is 0 Å². The highest BCUT2D eigenvalue weighted by atomic mass is 19.1. The molecule has 7 heteroatoms. The second-order valence-corrected chi connectivity index (χ2v) is 8.32. The molecule has 0 spiro atoms. The van der Waals surface area contributed by atoms with E-state index in [1.54, 1.807) is 16.9 Å². The van der Waals surface area contributed by atoms with Gasteiger partial charge in [0.1, 0.15) is 11.5 Å². The highest BCUT2D eigenvalue weighted by Gasteiger charge is 2.09. The minimum atomic E-state index is -0.299. The Labute approximate surface area is 207 Å². The number of hydrogen-bond donors (Lipinski definition) is 2. The molecule has 0 aliphatic carbocycles. The van der Waals surface area contributed by atoms with E-state index in [1.807, 2.05) is 91.1 Å². The molecule has 0 saturated carbocycles. The van der Waals surface area contributed by atoms with Crippen LogP contribution >= 0.6 is 0 Å². The molecule has 0 unspecified atom stereocenters. The molecular weight excluding hydrogens is 451 g/mol. The number of hydrogen-bond acceptors (Lipinski definition) is 5. The van der Waals surface area contributed by atoms with E-state index in [4.69, 9.17) is 0 Å². The molecule has 0 aliphatic rings. The summed E-state index contributed by atoms with van der Waals surface area (Å²) in [6.45, 7) is 0. The number of para-hydroxylation sites is 1. The van der Waals surface area contributed by atoms with Gasteiger partial charge in [0.25, 0.3) is 0 Å². The van der Waals surface area contributed by atoms with Crippen LogP contribution < -0.4 is 10.6 Å². The average molecular weight is 473 g/mol. The number of aromatic nitrogens is 4. The van der Waals surface area contributed by atoms with Crippen molar-refractivity contribution < 1.29 is 4.39 Å². The van der Waals surface area contributed by atoms with Crippen LogP contribution in [0.5, 0.6) is 0 Å². The largest absolute Gasteiger partial charge is 0.355 e. The van der Waals surface area contributed by atoms with Crippen molar-refractivity contribution in [2.75, 3.05) is 10.6 Å². The number of pyridine rings is 1. The first kappa shape index (κ1) is 21.5. The third-order valence-corrected chi connectivity index (χ3v) is 5.81. The first-order chi connectivity index (χ1) is 17.7. The van der Waals surface area contributed by atoms with Crippen LogP contribution in [-0.2, 0) is 0 Å². The van der Waals surface area contributed by atoms with Crippen molar-refractivity contribution in [1.82, 2.24) is 20.0 Å².